The fourth-order valence-corrected chi connectivity index (χ4v) is 4.04. The number of ether oxygens (including phenoxy) is 1. The van der Waals surface area contributed by atoms with E-state index in [4.69, 9.17) is 10.5 Å². The number of benzene rings is 1. The van der Waals surface area contributed by atoms with Crippen LogP contribution in [0.15, 0.2) is 54.9 Å². The van der Waals surface area contributed by atoms with Gasteiger partial charge in [0.2, 0.25) is 5.91 Å². The normalized spacial score (nSPS) is 14.2. The van der Waals surface area contributed by atoms with Crippen LogP contribution < -0.4 is 26.0 Å². The first-order chi connectivity index (χ1) is 17.3. The number of nitrogens with zero attached hydrogens (tertiary/aromatic N) is 3. The number of imide groups is 1. The lowest BCUT2D eigenvalue weighted by atomic mass is 10.3. The number of para-hydroxylation sites is 1. The van der Waals surface area contributed by atoms with Crippen molar-refractivity contribution < 1.29 is 14.3 Å². The summed E-state index contributed by atoms with van der Waals surface area (Å²) >= 11 is 4.43. The van der Waals surface area contributed by atoms with Crippen LogP contribution in [0.3, 0.4) is 0 Å². The number of nitrogens with two attached hydrogens (primary N) is 1. The van der Waals surface area contributed by atoms with Gasteiger partial charge in [-0.2, -0.15) is 4.90 Å². The van der Waals surface area contributed by atoms with Crippen molar-refractivity contribution in [2.75, 3.05) is 21.3 Å². The molecule has 2 saturated carbocycles. The number of nitrogen functional groups attached to an aromatic ring is 1. The summed E-state index contributed by atoms with van der Waals surface area (Å²) in [5.74, 6) is 0.739. The number of halogens is 2. The Balaban J connectivity index is 0.000000211. The Kier molecular flexibility index (Phi) is 8.82. The number of amides is 2. The van der Waals surface area contributed by atoms with Gasteiger partial charge in [-0.15, -0.1) is 0 Å². The average Bonchev–Trinajstić information content (AvgIpc) is 3.77. The minimum absolute atomic E-state index is 0.243. The lowest BCUT2D eigenvalue weighted by Crippen LogP contribution is -2.38. The smallest absolute Gasteiger partial charge is 0.410 e. The summed E-state index contributed by atoms with van der Waals surface area (Å²) in [7, 11) is 0. The van der Waals surface area contributed by atoms with Crippen molar-refractivity contribution in [1.82, 2.24) is 9.97 Å². The van der Waals surface area contributed by atoms with Crippen molar-refractivity contribution in [3.05, 3.63) is 62.0 Å². The molecule has 0 bridgehead atoms. The lowest BCUT2D eigenvalue weighted by Gasteiger charge is -2.19. The summed E-state index contributed by atoms with van der Waals surface area (Å²) < 4.78 is 7.33. The molecule has 2 fully saturated rings. The highest BCUT2D eigenvalue weighted by Gasteiger charge is 2.26. The van der Waals surface area contributed by atoms with Gasteiger partial charge in [0, 0.05) is 43.5 Å². The van der Waals surface area contributed by atoms with Crippen molar-refractivity contribution in [1.29, 1.82) is 0 Å². The van der Waals surface area contributed by atoms with E-state index in [9.17, 15) is 9.59 Å². The molecule has 5 rings (SSSR count). The Hall–Kier alpha value is -2.68. The number of carbonyl (C=O) groups is 2. The summed E-state index contributed by atoms with van der Waals surface area (Å²) in [5.41, 5.74) is 7.55. The first-order valence-electron chi connectivity index (χ1n) is 11.5. The highest BCUT2D eigenvalue weighted by Crippen LogP contribution is 2.30. The molecule has 2 heterocycles. The minimum Gasteiger partial charge on any atom is -0.410 e. The lowest BCUT2D eigenvalue weighted by molar-refractivity contribution is -0.116. The molecule has 11 heteroatoms. The van der Waals surface area contributed by atoms with E-state index in [0.29, 0.717) is 23.7 Å². The maximum absolute atomic E-state index is 12.4. The van der Waals surface area contributed by atoms with Crippen LogP contribution in [0.25, 0.3) is 0 Å². The predicted molar refractivity (Wildman–Crippen MR) is 157 cm³/mol. The molecule has 3 aromatic rings. The molecule has 0 radical (unpaired) electrons. The third-order valence-corrected chi connectivity index (χ3v) is 6.99. The zero-order valence-corrected chi connectivity index (χ0v) is 23.9. The Morgan fingerprint density at radius 3 is 2.06 bits per heavy atom. The molecule has 0 saturated heterocycles. The van der Waals surface area contributed by atoms with Crippen molar-refractivity contribution >= 4 is 80.2 Å². The second kappa shape index (κ2) is 12.0. The number of aromatic nitrogens is 2. The number of hydrogen-bond acceptors (Lipinski definition) is 8. The third-order valence-electron chi connectivity index (χ3n) is 5.27. The van der Waals surface area contributed by atoms with Crippen LogP contribution in [0.4, 0.5) is 27.8 Å². The molecule has 1 aromatic carbocycles. The summed E-state index contributed by atoms with van der Waals surface area (Å²) in [6, 6.07) is 13.3. The summed E-state index contributed by atoms with van der Waals surface area (Å²) in [5, 5.41) is 6.77. The summed E-state index contributed by atoms with van der Waals surface area (Å²) in [6.45, 7) is 1.31. The molecule has 2 aliphatic carbocycles. The van der Waals surface area contributed by atoms with Crippen LogP contribution in [0.5, 0.6) is 5.75 Å². The second-order valence-corrected chi connectivity index (χ2v) is 10.8. The monoisotopic (exact) mass is 712 g/mol. The maximum Gasteiger partial charge on any atom is 0.427 e. The quantitative estimate of drug-likeness (QED) is 0.281. The zero-order valence-electron chi connectivity index (χ0n) is 19.6. The molecular formula is C25H26I2N6O3. The topological polar surface area (TPSA) is 122 Å². The van der Waals surface area contributed by atoms with E-state index in [1.54, 1.807) is 42.7 Å². The van der Waals surface area contributed by atoms with Gasteiger partial charge >= 0.3 is 6.09 Å². The fourth-order valence-electron chi connectivity index (χ4n) is 3.14. The van der Waals surface area contributed by atoms with E-state index >= 15 is 0 Å². The highest BCUT2D eigenvalue weighted by atomic mass is 127. The second-order valence-electron chi connectivity index (χ2n) is 8.48. The van der Waals surface area contributed by atoms with Crippen LogP contribution in [0.2, 0.25) is 0 Å². The molecule has 36 heavy (non-hydrogen) atoms. The Morgan fingerprint density at radius 2 is 1.50 bits per heavy atom. The van der Waals surface area contributed by atoms with Gasteiger partial charge in [0.25, 0.3) is 0 Å². The molecule has 2 aliphatic rings. The third kappa shape index (κ3) is 7.66. The molecular weight excluding hydrogens is 686 g/mol. The predicted octanol–water partition coefficient (Wildman–Crippen LogP) is 5.66. The molecule has 2 amide bonds. The molecule has 0 aliphatic heterocycles. The van der Waals surface area contributed by atoms with E-state index < -0.39 is 12.0 Å². The molecule has 188 valence electrons. The van der Waals surface area contributed by atoms with Gasteiger partial charge in [-0.25, -0.2) is 14.8 Å². The first kappa shape index (κ1) is 26.4. The van der Waals surface area contributed by atoms with E-state index in [1.165, 1.54) is 19.8 Å². The van der Waals surface area contributed by atoms with E-state index in [2.05, 4.69) is 65.8 Å². The van der Waals surface area contributed by atoms with Gasteiger partial charge in [-0.05, 0) is 83.0 Å². The Labute approximate surface area is 236 Å². The minimum atomic E-state index is -0.778. The van der Waals surface area contributed by atoms with Crippen LogP contribution in [-0.2, 0) is 4.79 Å². The van der Waals surface area contributed by atoms with E-state index in [0.717, 1.165) is 36.3 Å². The maximum atomic E-state index is 12.4. The summed E-state index contributed by atoms with van der Waals surface area (Å²) in [6.07, 6.45) is 7.45. The number of hydrogen-bond donors (Lipinski definition) is 3. The van der Waals surface area contributed by atoms with E-state index in [-0.39, 0.29) is 5.82 Å². The van der Waals surface area contributed by atoms with Gasteiger partial charge in [-0.3, -0.25) is 4.79 Å². The van der Waals surface area contributed by atoms with Crippen LogP contribution in [0.1, 0.15) is 32.6 Å². The van der Waals surface area contributed by atoms with Gasteiger partial charge < -0.3 is 21.1 Å². The number of nitrogens with one attached hydrogen (secondary N) is 2. The Bertz CT molecular complexity index is 1240. The molecule has 4 N–H and O–H groups in total. The van der Waals surface area contributed by atoms with E-state index in [1.807, 2.05) is 12.1 Å². The van der Waals surface area contributed by atoms with Gasteiger partial charge in [0.05, 0.1) is 18.5 Å². The summed E-state index contributed by atoms with van der Waals surface area (Å²) in [4.78, 5) is 33.5. The van der Waals surface area contributed by atoms with Crippen molar-refractivity contribution in [3.63, 3.8) is 0 Å². The SMILES string of the molecule is CC(=O)N(C(=O)Oc1ccccc1)c1cc(NC2CC2)c(I)cn1.Nc1cc(NC2CC2)c(I)cn1. The van der Waals surface area contributed by atoms with Gasteiger partial charge in [0.1, 0.15) is 17.4 Å². The number of rotatable bonds is 6. The van der Waals surface area contributed by atoms with Crippen molar-refractivity contribution in [2.24, 2.45) is 0 Å². The molecule has 0 spiro atoms. The molecule has 0 unspecified atom stereocenters. The van der Waals surface area contributed by atoms with Crippen molar-refractivity contribution in [3.8, 4) is 5.75 Å². The largest absolute Gasteiger partial charge is 0.427 e. The molecule has 0 atom stereocenters. The van der Waals surface area contributed by atoms with Gasteiger partial charge in [0.15, 0.2) is 0 Å². The highest BCUT2D eigenvalue weighted by molar-refractivity contribution is 14.1. The van der Waals surface area contributed by atoms with Crippen molar-refractivity contribution in [2.45, 2.75) is 44.7 Å². The average molecular weight is 712 g/mol. The van der Waals surface area contributed by atoms with Crippen LogP contribution in [-0.4, -0.2) is 34.1 Å². The first-order valence-corrected chi connectivity index (χ1v) is 13.6. The number of pyridine rings is 2. The van der Waals surface area contributed by atoms with Gasteiger partial charge in [-0.1, -0.05) is 18.2 Å². The van der Waals surface area contributed by atoms with Crippen LogP contribution in [0, 0.1) is 7.14 Å². The number of carbonyl (C=O) groups excluding carboxylic acids is 2. The fraction of sp³-hybridized carbons (Fsp3) is 0.280. The Morgan fingerprint density at radius 1 is 0.944 bits per heavy atom. The zero-order chi connectivity index (χ0) is 25.7. The number of anilines is 4. The van der Waals surface area contributed by atoms with Crippen LogP contribution >= 0.6 is 45.2 Å². The molecule has 9 nitrogen and oxygen atoms in total. The molecule has 2 aromatic heterocycles. The standard InChI is InChI=1S/C17H16IN3O3.C8H10IN3/c1-11(22)21(17(23)24-13-5-3-2-4-6-13)16-9-15(14(18)10-19-16)20-12-7-8-12;9-6-4-11-8(10)3-7(6)12-5-1-2-5/h2-6,9-10,12H,7-8H2,1H3,(H,19,20);3-5H,1-2H2,(H3,10,11,12).